The van der Waals surface area contributed by atoms with Gasteiger partial charge in [-0.2, -0.15) is 0 Å². The molecule has 0 saturated carbocycles. The molecule has 1 N–H and O–H groups in total. The zero-order valence-electron chi connectivity index (χ0n) is 11.4. The standard InChI is InChI=1S/C16H16BrF2N/c1-10-3-5-12(18)9-13(10)16(20-2)8-11-4-6-15(19)14(17)7-11/h3-7,9,16,20H,8H2,1-2H3. The molecule has 0 aliphatic rings. The molecular weight excluding hydrogens is 324 g/mol. The molecule has 2 aromatic rings. The molecule has 2 aromatic carbocycles. The summed E-state index contributed by atoms with van der Waals surface area (Å²) in [6.07, 6.45) is 0.666. The first-order valence-corrected chi connectivity index (χ1v) is 7.18. The van der Waals surface area contributed by atoms with Crippen molar-refractivity contribution >= 4 is 15.9 Å². The van der Waals surface area contributed by atoms with Crippen LogP contribution in [0.2, 0.25) is 0 Å². The number of rotatable bonds is 4. The Hall–Kier alpha value is -1.26. The third-order valence-corrected chi connectivity index (χ3v) is 4.00. The van der Waals surface area contributed by atoms with Gasteiger partial charge in [0.25, 0.3) is 0 Å². The van der Waals surface area contributed by atoms with Crippen LogP contribution in [0.15, 0.2) is 40.9 Å². The summed E-state index contributed by atoms with van der Waals surface area (Å²) in [6, 6.07) is 9.71. The van der Waals surface area contributed by atoms with Gasteiger partial charge in [0, 0.05) is 6.04 Å². The molecule has 0 fully saturated rings. The van der Waals surface area contributed by atoms with Crippen molar-refractivity contribution in [1.29, 1.82) is 0 Å². The molecule has 0 radical (unpaired) electrons. The molecule has 1 atom stereocenters. The number of hydrogen-bond acceptors (Lipinski definition) is 1. The van der Waals surface area contributed by atoms with Crippen LogP contribution in [-0.4, -0.2) is 7.05 Å². The summed E-state index contributed by atoms with van der Waals surface area (Å²) in [5.74, 6) is -0.525. The molecule has 0 aliphatic carbocycles. The number of aryl methyl sites for hydroxylation is 1. The molecule has 4 heteroatoms. The molecule has 0 heterocycles. The number of halogens is 3. The highest BCUT2D eigenvalue weighted by Crippen LogP contribution is 2.25. The monoisotopic (exact) mass is 339 g/mol. The van der Waals surface area contributed by atoms with E-state index in [-0.39, 0.29) is 17.7 Å². The van der Waals surface area contributed by atoms with Crippen LogP contribution in [0.25, 0.3) is 0 Å². The quantitative estimate of drug-likeness (QED) is 0.862. The first kappa shape index (κ1) is 15.1. The third kappa shape index (κ3) is 3.44. The maximum Gasteiger partial charge on any atom is 0.137 e. The minimum absolute atomic E-state index is 0.0111. The van der Waals surface area contributed by atoms with Crippen molar-refractivity contribution in [3.05, 3.63) is 69.2 Å². The number of hydrogen-bond donors (Lipinski definition) is 1. The van der Waals surface area contributed by atoms with Crippen molar-refractivity contribution in [2.45, 2.75) is 19.4 Å². The van der Waals surface area contributed by atoms with E-state index in [9.17, 15) is 8.78 Å². The highest BCUT2D eigenvalue weighted by atomic mass is 79.9. The van der Waals surface area contributed by atoms with Gasteiger partial charge in [-0.25, -0.2) is 8.78 Å². The van der Waals surface area contributed by atoms with Crippen LogP contribution in [0.1, 0.15) is 22.7 Å². The Morgan fingerprint density at radius 2 is 1.90 bits per heavy atom. The predicted molar refractivity (Wildman–Crippen MR) is 80.7 cm³/mol. The second-order valence-electron chi connectivity index (χ2n) is 4.79. The molecule has 0 bridgehead atoms. The van der Waals surface area contributed by atoms with Crippen LogP contribution < -0.4 is 5.32 Å². The van der Waals surface area contributed by atoms with Gasteiger partial charge in [-0.1, -0.05) is 12.1 Å². The summed E-state index contributed by atoms with van der Waals surface area (Å²) in [4.78, 5) is 0. The fourth-order valence-corrected chi connectivity index (χ4v) is 2.68. The van der Waals surface area contributed by atoms with Gasteiger partial charge in [0.05, 0.1) is 4.47 Å². The molecule has 0 saturated heterocycles. The Bertz CT molecular complexity index is 613. The fourth-order valence-electron chi connectivity index (χ4n) is 2.26. The lowest BCUT2D eigenvalue weighted by Gasteiger charge is -2.19. The Balaban J connectivity index is 2.28. The zero-order valence-corrected chi connectivity index (χ0v) is 13.0. The first-order chi connectivity index (χ1) is 9.51. The van der Waals surface area contributed by atoms with Gasteiger partial charge in [-0.3, -0.25) is 0 Å². The summed E-state index contributed by atoms with van der Waals surface area (Å²) in [7, 11) is 1.84. The van der Waals surface area contributed by atoms with E-state index in [0.29, 0.717) is 10.9 Å². The zero-order chi connectivity index (χ0) is 14.7. The lowest BCUT2D eigenvalue weighted by Crippen LogP contribution is -2.20. The molecule has 2 rings (SSSR count). The van der Waals surface area contributed by atoms with E-state index >= 15 is 0 Å². The maximum absolute atomic E-state index is 13.4. The van der Waals surface area contributed by atoms with Gasteiger partial charge in [-0.15, -0.1) is 0 Å². The van der Waals surface area contributed by atoms with Gasteiger partial charge in [-0.05, 0) is 77.3 Å². The van der Waals surface area contributed by atoms with Gasteiger partial charge < -0.3 is 5.32 Å². The van der Waals surface area contributed by atoms with Crippen molar-refractivity contribution < 1.29 is 8.78 Å². The largest absolute Gasteiger partial charge is 0.313 e. The SMILES string of the molecule is CNC(Cc1ccc(F)c(Br)c1)c1cc(F)ccc1C. The van der Waals surface area contributed by atoms with Crippen LogP contribution in [0.4, 0.5) is 8.78 Å². The van der Waals surface area contributed by atoms with Crippen LogP contribution >= 0.6 is 15.9 Å². The molecule has 1 unspecified atom stereocenters. The molecule has 0 aliphatic heterocycles. The van der Waals surface area contributed by atoms with E-state index in [2.05, 4.69) is 21.2 Å². The number of benzene rings is 2. The Morgan fingerprint density at radius 1 is 1.15 bits per heavy atom. The first-order valence-electron chi connectivity index (χ1n) is 6.38. The van der Waals surface area contributed by atoms with Crippen molar-refractivity contribution in [3.8, 4) is 0 Å². The summed E-state index contributed by atoms with van der Waals surface area (Å²) in [5, 5.41) is 3.19. The third-order valence-electron chi connectivity index (χ3n) is 3.39. The van der Waals surface area contributed by atoms with Crippen LogP contribution in [0.5, 0.6) is 0 Å². The molecular formula is C16H16BrF2N. The molecule has 106 valence electrons. The summed E-state index contributed by atoms with van der Waals surface area (Å²) in [6.45, 7) is 1.96. The normalized spacial score (nSPS) is 12.4. The lowest BCUT2D eigenvalue weighted by atomic mass is 9.95. The van der Waals surface area contributed by atoms with E-state index in [4.69, 9.17) is 0 Å². The van der Waals surface area contributed by atoms with Crippen molar-refractivity contribution in [1.82, 2.24) is 5.32 Å². The van der Waals surface area contributed by atoms with Gasteiger partial charge in [0.1, 0.15) is 11.6 Å². The minimum atomic E-state index is -0.281. The Labute approximate surface area is 126 Å². The Kier molecular flexibility index (Phi) is 4.89. The van der Waals surface area contributed by atoms with E-state index in [1.54, 1.807) is 24.3 Å². The topological polar surface area (TPSA) is 12.0 Å². The van der Waals surface area contributed by atoms with E-state index in [1.165, 1.54) is 12.1 Å². The van der Waals surface area contributed by atoms with Crippen LogP contribution in [-0.2, 0) is 6.42 Å². The summed E-state index contributed by atoms with van der Waals surface area (Å²) in [5.41, 5.74) is 2.95. The molecule has 20 heavy (non-hydrogen) atoms. The predicted octanol–water partition coefficient (Wildman–Crippen LogP) is 4.54. The van der Waals surface area contributed by atoms with Crippen LogP contribution in [0, 0.1) is 18.6 Å². The van der Waals surface area contributed by atoms with E-state index < -0.39 is 0 Å². The second-order valence-corrected chi connectivity index (χ2v) is 5.65. The van der Waals surface area contributed by atoms with Gasteiger partial charge in [0.2, 0.25) is 0 Å². The summed E-state index contributed by atoms with van der Waals surface area (Å²) < 4.78 is 27.1. The molecule has 0 aromatic heterocycles. The average molecular weight is 340 g/mol. The number of nitrogens with one attached hydrogen (secondary N) is 1. The molecule has 0 spiro atoms. The maximum atomic E-state index is 13.4. The van der Waals surface area contributed by atoms with Gasteiger partial charge >= 0.3 is 0 Å². The van der Waals surface area contributed by atoms with Crippen LogP contribution in [0.3, 0.4) is 0 Å². The highest BCUT2D eigenvalue weighted by molar-refractivity contribution is 9.10. The molecule has 0 amide bonds. The van der Waals surface area contributed by atoms with Crippen molar-refractivity contribution in [2.75, 3.05) is 7.05 Å². The van der Waals surface area contributed by atoms with E-state index in [1.807, 2.05) is 14.0 Å². The number of likely N-dealkylation sites (N-methyl/N-ethyl adjacent to an activating group) is 1. The van der Waals surface area contributed by atoms with Crippen molar-refractivity contribution in [2.24, 2.45) is 0 Å². The fraction of sp³-hybridized carbons (Fsp3) is 0.250. The minimum Gasteiger partial charge on any atom is -0.313 e. The smallest absolute Gasteiger partial charge is 0.137 e. The highest BCUT2D eigenvalue weighted by Gasteiger charge is 2.14. The Morgan fingerprint density at radius 3 is 2.55 bits per heavy atom. The van der Waals surface area contributed by atoms with Crippen molar-refractivity contribution in [3.63, 3.8) is 0 Å². The lowest BCUT2D eigenvalue weighted by molar-refractivity contribution is 0.572. The second kappa shape index (κ2) is 6.46. The summed E-state index contributed by atoms with van der Waals surface area (Å²) >= 11 is 3.18. The average Bonchev–Trinajstić information content (AvgIpc) is 2.43. The van der Waals surface area contributed by atoms with E-state index in [0.717, 1.165) is 16.7 Å². The molecule has 1 nitrogen and oxygen atoms in total. The van der Waals surface area contributed by atoms with Gasteiger partial charge in [0.15, 0.2) is 0 Å².